The standard InChI is InChI=1S/C4H7F3N2O2.ClH/c5-4(6,7)2-11-1-3(10)9-8;/h1-2,8H2,(H,9,10);1H. The minimum Gasteiger partial charge on any atom is -0.362 e. The van der Waals surface area contributed by atoms with Crippen LogP contribution in [-0.2, 0) is 9.53 Å². The van der Waals surface area contributed by atoms with Crippen molar-refractivity contribution < 1.29 is 22.7 Å². The van der Waals surface area contributed by atoms with E-state index in [2.05, 4.69) is 10.6 Å². The highest BCUT2D eigenvalue weighted by Crippen LogP contribution is 2.13. The van der Waals surface area contributed by atoms with Gasteiger partial charge in [-0.1, -0.05) is 0 Å². The number of ether oxygens (including phenoxy) is 1. The minimum absolute atomic E-state index is 0. The van der Waals surface area contributed by atoms with Crippen molar-refractivity contribution in [2.45, 2.75) is 6.18 Å². The van der Waals surface area contributed by atoms with E-state index >= 15 is 0 Å². The Hall–Kier alpha value is -0.530. The van der Waals surface area contributed by atoms with E-state index in [0.29, 0.717) is 0 Å². The molecule has 0 spiro atoms. The fourth-order valence-electron chi connectivity index (χ4n) is 0.301. The normalized spacial score (nSPS) is 10.3. The molecule has 0 unspecified atom stereocenters. The monoisotopic (exact) mass is 208 g/mol. The van der Waals surface area contributed by atoms with E-state index in [1.807, 2.05) is 0 Å². The number of hydrogen-bond donors (Lipinski definition) is 2. The Balaban J connectivity index is 0. The molecule has 0 aromatic heterocycles. The van der Waals surface area contributed by atoms with Crippen LogP contribution >= 0.6 is 12.4 Å². The molecule has 0 aromatic rings. The number of hydrazine groups is 1. The van der Waals surface area contributed by atoms with E-state index in [9.17, 15) is 18.0 Å². The number of rotatable bonds is 3. The molecule has 0 saturated carbocycles. The van der Waals surface area contributed by atoms with Crippen LogP contribution in [0, 0.1) is 0 Å². The maximum Gasteiger partial charge on any atom is 0.411 e. The highest BCUT2D eigenvalue weighted by Gasteiger charge is 2.27. The third kappa shape index (κ3) is 9.47. The first-order valence-corrected chi connectivity index (χ1v) is 2.59. The number of amides is 1. The van der Waals surface area contributed by atoms with Gasteiger partial charge in [0.1, 0.15) is 13.2 Å². The van der Waals surface area contributed by atoms with Gasteiger partial charge in [0.2, 0.25) is 0 Å². The smallest absolute Gasteiger partial charge is 0.362 e. The van der Waals surface area contributed by atoms with Crippen LogP contribution < -0.4 is 11.3 Å². The van der Waals surface area contributed by atoms with E-state index in [-0.39, 0.29) is 12.4 Å². The zero-order chi connectivity index (χ0) is 8.91. The van der Waals surface area contributed by atoms with Crippen LogP contribution in [0.1, 0.15) is 0 Å². The van der Waals surface area contributed by atoms with Crippen LogP contribution in [-0.4, -0.2) is 25.3 Å². The summed E-state index contributed by atoms with van der Waals surface area (Å²) in [6.07, 6.45) is -4.41. The van der Waals surface area contributed by atoms with Gasteiger partial charge in [-0.2, -0.15) is 13.2 Å². The van der Waals surface area contributed by atoms with E-state index in [1.165, 1.54) is 0 Å². The number of halogens is 4. The van der Waals surface area contributed by atoms with E-state index in [4.69, 9.17) is 0 Å². The van der Waals surface area contributed by atoms with Crippen LogP contribution in [0.2, 0.25) is 0 Å². The van der Waals surface area contributed by atoms with E-state index < -0.39 is 25.3 Å². The SMILES string of the molecule is Cl.NNC(=O)COCC(F)(F)F. The molecule has 1 amide bonds. The summed E-state index contributed by atoms with van der Waals surface area (Å²) in [5.41, 5.74) is 1.62. The molecule has 8 heteroatoms. The predicted octanol–water partition coefficient (Wildman–Crippen LogP) is -0.0230. The van der Waals surface area contributed by atoms with Gasteiger partial charge in [0.25, 0.3) is 5.91 Å². The van der Waals surface area contributed by atoms with Crippen LogP contribution in [0.25, 0.3) is 0 Å². The molecule has 0 fully saturated rings. The number of alkyl halides is 3. The Bertz CT molecular complexity index is 141. The van der Waals surface area contributed by atoms with Crippen molar-refractivity contribution in [3.8, 4) is 0 Å². The highest BCUT2D eigenvalue weighted by molar-refractivity contribution is 5.85. The second-order valence-corrected chi connectivity index (χ2v) is 1.68. The molecule has 0 aliphatic heterocycles. The quantitative estimate of drug-likeness (QED) is 0.389. The fourth-order valence-corrected chi connectivity index (χ4v) is 0.301. The first-order chi connectivity index (χ1) is 4.95. The summed E-state index contributed by atoms with van der Waals surface area (Å²) >= 11 is 0. The highest BCUT2D eigenvalue weighted by atomic mass is 35.5. The molecule has 0 bridgehead atoms. The maximum atomic E-state index is 11.3. The Morgan fingerprint density at radius 1 is 1.50 bits per heavy atom. The lowest BCUT2D eigenvalue weighted by molar-refractivity contribution is -0.175. The molecule has 0 saturated heterocycles. The Labute approximate surface area is 72.6 Å². The van der Waals surface area contributed by atoms with Gasteiger partial charge in [-0.25, -0.2) is 5.84 Å². The van der Waals surface area contributed by atoms with Crippen LogP contribution in [0.15, 0.2) is 0 Å². The molecular formula is C4H8ClF3N2O2. The van der Waals surface area contributed by atoms with Gasteiger partial charge in [0.05, 0.1) is 0 Å². The Kier molecular flexibility index (Phi) is 7.05. The van der Waals surface area contributed by atoms with Crippen molar-refractivity contribution in [2.75, 3.05) is 13.2 Å². The van der Waals surface area contributed by atoms with Crippen molar-refractivity contribution in [3.05, 3.63) is 0 Å². The first-order valence-electron chi connectivity index (χ1n) is 2.59. The van der Waals surface area contributed by atoms with Crippen LogP contribution in [0.4, 0.5) is 13.2 Å². The van der Waals surface area contributed by atoms with Crippen molar-refractivity contribution in [3.63, 3.8) is 0 Å². The second-order valence-electron chi connectivity index (χ2n) is 1.68. The topological polar surface area (TPSA) is 64.3 Å². The molecule has 0 aromatic carbocycles. The largest absolute Gasteiger partial charge is 0.411 e. The van der Waals surface area contributed by atoms with Gasteiger partial charge in [0, 0.05) is 0 Å². The molecule has 0 aliphatic rings. The predicted molar refractivity (Wildman–Crippen MR) is 36.5 cm³/mol. The molecule has 12 heavy (non-hydrogen) atoms. The molecule has 0 rings (SSSR count). The van der Waals surface area contributed by atoms with Gasteiger partial charge in [-0.05, 0) is 0 Å². The van der Waals surface area contributed by atoms with Gasteiger partial charge in [-0.15, -0.1) is 12.4 Å². The zero-order valence-corrected chi connectivity index (χ0v) is 6.67. The van der Waals surface area contributed by atoms with Gasteiger partial charge in [-0.3, -0.25) is 10.2 Å². The summed E-state index contributed by atoms with van der Waals surface area (Å²) in [5, 5.41) is 0. The van der Waals surface area contributed by atoms with Gasteiger partial charge < -0.3 is 4.74 Å². The van der Waals surface area contributed by atoms with Crippen LogP contribution in [0.3, 0.4) is 0 Å². The zero-order valence-electron chi connectivity index (χ0n) is 5.85. The molecule has 0 atom stereocenters. The lowest BCUT2D eigenvalue weighted by Crippen LogP contribution is -2.34. The molecule has 4 nitrogen and oxygen atoms in total. The lowest BCUT2D eigenvalue weighted by Gasteiger charge is -2.05. The van der Waals surface area contributed by atoms with Gasteiger partial charge >= 0.3 is 6.18 Å². The minimum atomic E-state index is -4.41. The van der Waals surface area contributed by atoms with Crippen molar-refractivity contribution >= 4 is 18.3 Å². The molecule has 74 valence electrons. The second kappa shape index (κ2) is 6.04. The molecule has 0 aliphatic carbocycles. The van der Waals surface area contributed by atoms with E-state index in [0.717, 1.165) is 0 Å². The first kappa shape index (κ1) is 14.0. The summed E-state index contributed by atoms with van der Waals surface area (Å²) in [7, 11) is 0. The Morgan fingerprint density at radius 3 is 2.33 bits per heavy atom. The number of nitrogens with one attached hydrogen (secondary N) is 1. The molecule has 0 radical (unpaired) electrons. The van der Waals surface area contributed by atoms with E-state index in [1.54, 1.807) is 5.43 Å². The molecular weight excluding hydrogens is 201 g/mol. The molecule has 0 heterocycles. The average molecular weight is 209 g/mol. The van der Waals surface area contributed by atoms with Gasteiger partial charge in [0.15, 0.2) is 0 Å². The summed E-state index contributed by atoms with van der Waals surface area (Å²) in [4.78, 5) is 10.2. The Morgan fingerprint density at radius 2 is 2.00 bits per heavy atom. The van der Waals surface area contributed by atoms with Crippen LogP contribution in [0.5, 0.6) is 0 Å². The summed E-state index contributed by atoms with van der Waals surface area (Å²) < 4.78 is 37.9. The molecule has 3 N–H and O–H groups in total. The average Bonchev–Trinajstić information content (AvgIpc) is 1.85. The number of hydrogen-bond acceptors (Lipinski definition) is 3. The van der Waals surface area contributed by atoms with Crippen molar-refractivity contribution in [1.82, 2.24) is 5.43 Å². The summed E-state index contributed by atoms with van der Waals surface area (Å²) in [6, 6.07) is 0. The number of carbonyl (C=O) groups is 1. The fraction of sp³-hybridized carbons (Fsp3) is 0.750. The summed E-state index contributed by atoms with van der Waals surface area (Å²) in [5.74, 6) is 3.76. The lowest BCUT2D eigenvalue weighted by atomic mass is 10.6. The summed E-state index contributed by atoms with van der Waals surface area (Å²) in [6.45, 7) is -2.13. The number of carbonyl (C=O) groups excluding carboxylic acids is 1. The third-order valence-corrected chi connectivity index (χ3v) is 0.660. The van der Waals surface area contributed by atoms with Crippen molar-refractivity contribution in [1.29, 1.82) is 0 Å². The maximum absolute atomic E-state index is 11.3. The third-order valence-electron chi connectivity index (χ3n) is 0.660. The number of nitrogens with two attached hydrogens (primary N) is 1. The van der Waals surface area contributed by atoms with Crippen molar-refractivity contribution in [2.24, 2.45) is 5.84 Å².